The van der Waals surface area contributed by atoms with E-state index in [1.807, 2.05) is 37.3 Å². The lowest BCUT2D eigenvalue weighted by molar-refractivity contribution is -0.115. The van der Waals surface area contributed by atoms with Gasteiger partial charge in [0, 0.05) is 18.7 Å². The minimum absolute atomic E-state index is 0.0879. The van der Waals surface area contributed by atoms with E-state index in [2.05, 4.69) is 16.7 Å². The Balaban J connectivity index is 1.85. The van der Waals surface area contributed by atoms with Crippen LogP contribution in [0.15, 0.2) is 42.5 Å². The van der Waals surface area contributed by atoms with E-state index in [9.17, 15) is 4.79 Å². The molecule has 0 atom stereocenters. The third-order valence-electron chi connectivity index (χ3n) is 3.32. The summed E-state index contributed by atoms with van der Waals surface area (Å²) in [6.45, 7) is 2.47. The van der Waals surface area contributed by atoms with Crippen molar-refractivity contribution in [2.45, 2.75) is 13.3 Å². The zero-order valence-electron chi connectivity index (χ0n) is 13.2. The van der Waals surface area contributed by atoms with E-state index in [1.54, 1.807) is 19.2 Å². The van der Waals surface area contributed by atoms with Gasteiger partial charge >= 0.3 is 0 Å². The molecule has 5 nitrogen and oxygen atoms in total. The van der Waals surface area contributed by atoms with E-state index in [4.69, 9.17) is 10.00 Å². The summed E-state index contributed by atoms with van der Waals surface area (Å²) in [4.78, 5) is 12.0. The van der Waals surface area contributed by atoms with Crippen LogP contribution in [0.3, 0.4) is 0 Å². The lowest BCUT2D eigenvalue weighted by atomic mass is 10.2. The van der Waals surface area contributed by atoms with Crippen LogP contribution in [0.4, 0.5) is 11.4 Å². The van der Waals surface area contributed by atoms with Crippen LogP contribution in [0.5, 0.6) is 5.75 Å². The number of hydrogen-bond donors (Lipinski definition) is 2. The number of benzene rings is 2. The molecule has 2 rings (SSSR count). The number of hydrogen-bond acceptors (Lipinski definition) is 4. The quantitative estimate of drug-likeness (QED) is 0.858. The minimum Gasteiger partial charge on any atom is -0.495 e. The molecular weight excluding hydrogens is 290 g/mol. The van der Waals surface area contributed by atoms with Crippen LogP contribution in [0, 0.1) is 18.3 Å². The topological polar surface area (TPSA) is 74.2 Å². The van der Waals surface area contributed by atoms with Crippen LogP contribution in [0.2, 0.25) is 0 Å². The van der Waals surface area contributed by atoms with Gasteiger partial charge in [-0.3, -0.25) is 4.79 Å². The smallest absolute Gasteiger partial charge is 0.226 e. The summed E-state index contributed by atoms with van der Waals surface area (Å²) in [6.07, 6.45) is 0.330. The van der Waals surface area contributed by atoms with Gasteiger partial charge in [-0.15, -0.1) is 0 Å². The SMILES string of the molecule is COc1ccc(C)cc1NC(=O)CCNc1ccc(C#N)cc1. The van der Waals surface area contributed by atoms with Crippen LogP contribution in [-0.4, -0.2) is 19.6 Å². The van der Waals surface area contributed by atoms with Gasteiger partial charge in [0.1, 0.15) is 5.75 Å². The van der Waals surface area contributed by atoms with Crippen LogP contribution in [0.25, 0.3) is 0 Å². The molecule has 0 unspecified atom stereocenters. The summed E-state index contributed by atoms with van der Waals surface area (Å²) < 4.78 is 5.24. The largest absolute Gasteiger partial charge is 0.495 e. The first kappa shape index (κ1) is 16.4. The monoisotopic (exact) mass is 309 g/mol. The highest BCUT2D eigenvalue weighted by Crippen LogP contribution is 2.25. The van der Waals surface area contributed by atoms with Gasteiger partial charge in [-0.25, -0.2) is 0 Å². The molecule has 118 valence electrons. The first-order valence-corrected chi connectivity index (χ1v) is 7.31. The number of rotatable bonds is 6. The number of anilines is 2. The van der Waals surface area contributed by atoms with Crippen LogP contribution >= 0.6 is 0 Å². The second-order valence-electron chi connectivity index (χ2n) is 5.12. The van der Waals surface area contributed by atoms with E-state index < -0.39 is 0 Å². The van der Waals surface area contributed by atoms with Crippen LogP contribution < -0.4 is 15.4 Å². The first-order valence-electron chi connectivity index (χ1n) is 7.31. The van der Waals surface area contributed by atoms with Crippen molar-refractivity contribution in [3.8, 4) is 11.8 Å². The van der Waals surface area contributed by atoms with E-state index in [1.165, 1.54) is 0 Å². The van der Waals surface area contributed by atoms with E-state index >= 15 is 0 Å². The van der Waals surface area contributed by atoms with E-state index in [0.29, 0.717) is 30.0 Å². The van der Waals surface area contributed by atoms with Crippen molar-refractivity contribution in [1.29, 1.82) is 5.26 Å². The van der Waals surface area contributed by atoms with Gasteiger partial charge in [-0.05, 0) is 48.9 Å². The molecule has 0 saturated heterocycles. The zero-order valence-corrected chi connectivity index (χ0v) is 13.2. The van der Waals surface area contributed by atoms with Crippen molar-refractivity contribution in [2.24, 2.45) is 0 Å². The number of nitriles is 1. The predicted octanol–water partition coefficient (Wildman–Crippen LogP) is 3.32. The fourth-order valence-corrected chi connectivity index (χ4v) is 2.12. The molecule has 0 heterocycles. The molecule has 0 fully saturated rings. The van der Waals surface area contributed by atoms with Gasteiger partial charge in [0.25, 0.3) is 0 Å². The minimum atomic E-state index is -0.0879. The third kappa shape index (κ3) is 4.75. The molecule has 2 aromatic rings. The Morgan fingerprint density at radius 1 is 1.22 bits per heavy atom. The summed E-state index contributed by atoms with van der Waals surface area (Å²) >= 11 is 0. The number of aryl methyl sites for hydroxylation is 1. The van der Waals surface area contributed by atoms with Crippen molar-refractivity contribution in [3.63, 3.8) is 0 Å². The molecule has 2 aromatic carbocycles. The molecule has 23 heavy (non-hydrogen) atoms. The molecule has 0 aromatic heterocycles. The van der Waals surface area contributed by atoms with Gasteiger partial charge in [0.15, 0.2) is 0 Å². The molecule has 0 saturated carbocycles. The summed E-state index contributed by atoms with van der Waals surface area (Å²) in [5, 5.41) is 14.8. The maximum atomic E-state index is 12.0. The van der Waals surface area contributed by atoms with Crippen molar-refractivity contribution < 1.29 is 9.53 Å². The van der Waals surface area contributed by atoms with Crippen molar-refractivity contribution >= 4 is 17.3 Å². The van der Waals surface area contributed by atoms with E-state index in [-0.39, 0.29) is 5.91 Å². The summed E-state index contributed by atoms with van der Waals surface area (Å²) in [5.41, 5.74) is 3.22. The Kier molecular flexibility index (Phi) is 5.59. The number of carbonyl (C=O) groups is 1. The van der Waals surface area contributed by atoms with Gasteiger partial charge in [-0.1, -0.05) is 6.07 Å². The van der Waals surface area contributed by atoms with Gasteiger partial charge in [0.05, 0.1) is 24.4 Å². The van der Waals surface area contributed by atoms with Crippen molar-refractivity contribution in [3.05, 3.63) is 53.6 Å². The van der Waals surface area contributed by atoms with Crippen molar-refractivity contribution in [2.75, 3.05) is 24.3 Å². The second-order valence-corrected chi connectivity index (χ2v) is 5.12. The highest BCUT2D eigenvalue weighted by atomic mass is 16.5. The van der Waals surface area contributed by atoms with E-state index in [0.717, 1.165) is 11.3 Å². The Morgan fingerprint density at radius 3 is 2.61 bits per heavy atom. The molecule has 2 N–H and O–H groups in total. The predicted molar refractivity (Wildman–Crippen MR) is 90.6 cm³/mol. The molecule has 5 heteroatoms. The molecule has 0 aliphatic heterocycles. The summed E-state index contributed by atoms with van der Waals surface area (Å²) in [6, 6.07) is 14.8. The normalized spacial score (nSPS) is 9.78. The highest BCUT2D eigenvalue weighted by Gasteiger charge is 2.07. The van der Waals surface area contributed by atoms with Gasteiger partial charge < -0.3 is 15.4 Å². The van der Waals surface area contributed by atoms with Crippen LogP contribution in [-0.2, 0) is 4.79 Å². The molecule has 0 spiro atoms. The standard InChI is InChI=1S/C18H19N3O2/c1-13-3-8-17(23-2)16(11-13)21-18(22)9-10-20-15-6-4-14(12-19)5-7-15/h3-8,11,20H,9-10H2,1-2H3,(H,21,22). The third-order valence-corrected chi connectivity index (χ3v) is 3.32. The molecule has 0 aliphatic carbocycles. The summed E-state index contributed by atoms with van der Waals surface area (Å²) in [7, 11) is 1.58. The fraction of sp³-hybridized carbons (Fsp3) is 0.222. The molecule has 0 radical (unpaired) electrons. The molecule has 1 amide bonds. The first-order chi connectivity index (χ1) is 11.1. The number of amides is 1. The highest BCUT2D eigenvalue weighted by molar-refractivity contribution is 5.92. The second kappa shape index (κ2) is 7.85. The summed E-state index contributed by atoms with van der Waals surface area (Å²) in [5.74, 6) is 0.555. The molecule has 0 aliphatic rings. The Labute approximate surface area is 135 Å². The zero-order chi connectivity index (χ0) is 16.7. The van der Waals surface area contributed by atoms with Crippen LogP contribution in [0.1, 0.15) is 17.5 Å². The number of carbonyl (C=O) groups excluding carboxylic acids is 1. The number of ether oxygens (including phenoxy) is 1. The number of nitrogens with zero attached hydrogens (tertiary/aromatic N) is 1. The fourth-order valence-electron chi connectivity index (χ4n) is 2.12. The van der Waals surface area contributed by atoms with Crippen molar-refractivity contribution in [1.82, 2.24) is 0 Å². The average Bonchev–Trinajstić information content (AvgIpc) is 2.56. The average molecular weight is 309 g/mol. The maximum absolute atomic E-state index is 12.0. The van der Waals surface area contributed by atoms with Gasteiger partial charge in [-0.2, -0.15) is 5.26 Å². The van der Waals surface area contributed by atoms with Gasteiger partial charge in [0.2, 0.25) is 5.91 Å². The lowest BCUT2D eigenvalue weighted by Gasteiger charge is -2.11. The number of methoxy groups -OCH3 is 1. The Bertz CT molecular complexity index is 718. The maximum Gasteiger partial charge on any atom is 0.226 e. The number of nitrogens with one attached hydrogen (secondary N) is 2. The lowest BCUT2D eigenvalue weighted by Crippen LogP contribution is -2.16. The Morgan fingerprint density at radius 2 is 1.96 bits per heavy atom. The Hall–Kier alpha value is -3.00. The molecular formula is C18H19N3O2. The molecule has 0 bridgehead atoms.